The number of aromatic hydroxyl groups is 1. The molecule has 1 aromatic carbocycles. The quantitative estimate of drug-likeness (QED) is 0.0877. The van der Waals surface area contributed by atoms with E-state index in [4.69, 9.17) is 15.2 Å². The van der Waals surface area contributed by atoms with Gasteiger partial charge < -0.3 is 51.4 Å². The zero-order chi connectivity index (χ0) is 32.6. The molecule has 44 heavy (non-hydrogen) atoms. The number of hydrogen-bond acceptors (Lipinski definition) is 10. The summed E-state index contributed by atoms with van der Waals surface area (Å²) in [5, 5.41) is 36.6. The molecule has 1 saturated heterocycles. The predicted molar refractivity (Wildman–Crippen MR) is 157 cm³/mol. The molecule has 1 aliphatic rings. The van der Waals surface area contributed by atoms with Crippen LogP contribution in [0.1, 0.15) is 38.7 Å². The molecule has 1 heterocycles. The summed E-state index contributed by atoms with van der Waals surface area (Å²) >= 11 is 0. The van der Waals surface area contributed by atoms with Crippen LogP contribution in [0.4, 0.5) is 0 Å². The standard InChI is InChI=1S/C29H45N5O10/c1-3-18(2)25(28(40)31-21(29(41)42)15-19-6-8-20(36)9-7-19)33-26(38)22(16-35)32-27(39)23-5-4-11-34(23)24(37)17-44-14-13-43-12-10-30/h6-9,18,21-23,25,35-36H,3-5,10-17,30H2,1-2H3,(H,31,40)(H,32,39)(H,33,38)(H,41,42)/t18-,21-,22-,23-,25-/m0/s1. The van der Waals surface area contributed by atoms with Crippen LogP contribution in [0.3, 0.4) is 0 Å². The molecule has 0 aromatic heterocycles. The van der Waals surface area contributed by atoms with E-state index in [1.54, 1.807) is 13.8 Å². The zero-order valence-corrected chi connectivity index (χ0v) is 25.2. The van der Waals surface area contributed by atoms with Crippen LogP contribution >= 0.6 is 0 Å². The third-order valence-electron chi connectivity index (χ3n) is 7.34. The van der Waals surface area contributed by atoms with E-state index >= 15 is 0 Å². The molecule has 8 N–H and O–H groups in total. The van der Waals surface area contributed by atoms with Gasteiger partial charge in [-0.3, -0.25) is 19.2 Å². The Balaban J connectivity index is 2.01. The Bertz CT molecular complexity index is 1100. The second-order valence-corrected chi connectivity index (χ2v) is 10.6. The highest BCUT2D eigenvalue weighted by Crippen LogP contribution is 2.18. The summed E-state index contributed by atoms with van der Waals surface area (Å²) in [6.45, 7) is 3.97. The van der Waals surface area contributed by atoms with Crippen molar-refractivity contribution in [3.8, 4) is 5.75 Å². The lowest BCUT2D eigenvalue weighted by molar-refractivity contribution is -0.143. The van der Waals surface area contributed by atoms with Crippen LogP contribution in [0.25, 0.3) is 0 Å². The molecule has 1 aliphatic heterocycles. The minimum absolute atomic E-state index is 0.0104. The second kappa shape index (κ2) is 18.8. The van der Waals surface area contributed by atoms with Gasteiger partial charge >= 0.3 is 5.97 Å². The topological polar surface area (TPSA) is 230 Å². The Morgan fingerprint density at radius 3 is 2.30 bits per heavy atom. The Kier molecular flexibility index (Phi) is 15.5. The van der Waals surface area contributed by atoms with E-state index in [9.17, 15) is 39.3 Å². The molecule has 15 heteroatoms. The summed E-state index contributed by atoms with van der Waals surface area (Å²) in [5.41, 5.74) is 5.90. The first kappa shape index (κ1) is 36.4. The second-order valence-electron chi connectivity index (χ2n) is 10.6. The molecule has 0 aliphatic carbocycles. The monoisotopic (exact) mass is 623 g/mol. The van der Waals surface area contributed by atoms with Gasteiger partial charge in [0.05, 0.1) is 26.4 Å². The fraction of sp³-hybridized carbons (Fsp3) is 0.621. The van der Waals surface area contributed by atoms with Crippen molar-refractivity contribution in [3.05, 3.63) is 29.8 Å². The van der Waals surface area contributed by atoms with E-state index in [1.165, 1.54) is 29.2 Å². The Labute approximate surface area is 256 Å². The maximum absolute atomic E-state index is 13.2. The summed E-state index contributed by atoms with van der Waals surface area (Å²) in [4.78, 5) is 65.4. The number of carboxylic acids is 1. The number of phenolic OH excluding ortho intramolecular Hbond substituents is 1. The number of aliphatic hydroxyl groups is 1. The highest BCUT2D eigenvalue weighted by atomic mass is 16.5. The van der Waals surface area contributed by atoms with E-state index in [1.807, 2.05) is 0 Å². The van der Waals surface area contributed by atoms with Gasteiger partial charge in [0.15, 0.2) is 0 Å². The number of phenols is 1. The number of nitrogens with two attached hydrogens (primary N) is 1. The summed E-state index contributed by atoms with van der Waals surface area (Å²) in [6, 6.07) is 1.08. The van der Waals surface area contributed by atoms with Gasteiger partial charge in [-0.2, -0.15) is 0 Å². The third kappa shape index (κ3) is 11.4. The lowest BCUT2D eigenvalue weighted by Crippen LogP contribution is -2.60. The van der Waals surface area contributed by atoms with Crippen molar-refractivity contribution in [2.24, 2.45) is 11.7 Å². The number of aliphatic carboxylic acids is 1. The molecule has 0 bridgehead atoms. The van der Waals surface area contributed by atoms with Crippen molar-refractivity contribution in [2.75, 3.05) is 46.1 Å². The molecule has 15 nitrogen and oxygen atoms in total. The van der Waals surface area contributed by atoms with Gasteiger partial charge in [-0.05, 0) is 36.5 Å². The van der Waals surface area contributed by atoms with Gasteiger partial charge in [0.2, 0.25) is 23.6 Å². The van der Waals surface area contributed by atoms with E-state index in [0.717, 1.165) is 0 Å². The molecule has 246 valence electrons. The maximum atomic E-state index is 13.2. The van der Waals surface area contributed by atoms with Crippen LogP contribution in [0.5, 0.6) is 5.75 Å². The normalized spacial score (nSPS) is 17.3. The zero-order valence-electron chi connectivity index (χ0n) is 25.2. The van der Waals surface area contributed by atoms with Crippen molar-refractivity contribution in [3.63, 3.8) is 0 Å². The van der Waals surface area contributed by atoms with Crippen molar-refractivity contribution in [2.45, 2.75) is 63.7 Å². The number of ether oxygens (including phenoxy) is 2. The van der Waals surface area contributed by atoms with Gasteiger partial charge in [0, 0.05) is 19.5 Å². The number of benzene rings is 1. The molecule has 0 radical (unpaired) electrons. The molecule has 0 spiro atoms. The number of amides is 4. The van der Waals surface area contributed by atoms with Crippen LogP contribution in [-0.4, -0.2) is 120 Å². The van der Waals surface area contributed by atoms with Crippen LogP contribution in [0.15, 0.2) is 24.3 Å². The Morgan fingerprint density at radius 2 is 1.68 bits per heavy atom. The summed E-state index contributed by atoms with van der Waals surface area (Å²) in [7, 11) is 0. The van der Waals surface area contributed by atoms with Gasteiger partial charge in [-0.25, -0.2) is 4.79 Å². The highest BCUT2D eigenvalue weighted by Gasteiger charge is 2.37. The predicted octanol–water partition coefficient (Wildman–Crippen LogP) is -1.50. The van der Waals surface area contributed by atoms with Gasteiger partial charge in [-0.1, -0.05) is 32.4 Å². The molecule has 0 saturated carbocycles. The lowest BCUT2D eigenvalue weighted by Gasteiger charge is -2.28. The molecular formula is C29H45N5O10. The molecule has 5 atom stereocenters. The Hall–Kier alpha value is -3.79. The van der Waals surface area contributed by atoms with E-state index in [2.05, 4.69) is 16.0 Å². The minimum atomic E-state index is -1.43. The number of carbonyl (C=O) groups is 5. The number of carboxylic acid groups (broad SMARTS) is 1. The minimum Gasteiger partial charge on any atom is -0.508 e. The average Bonchev–Trinajstić information content (AvgIpc) is 3.50. The molecule has 0 unspecified atom stereocenters. The number of nitrogens with zero attached hydrogens (tertiary/aromatic N) is 1. The Morgan fingerprint density at radius 1 is 1.00 bits per heavy atom. The van der Waals surface area contributed by atoms with E-state index in [-0.39, 0.29) is 32.0 Å². The first-order chi connectivity index (χ1) is 21.0. The number of carbonyl (C=O) groups excluding carboxylic acids is 4. The molecule has 1 fully saturated rings. The molecular weight excluding hydrogens is 578 g/mol. The van der Waals surface area contributed by atoms with Crippen LogP contribution in [0, 0.1) is 5.92 Å². The van der Waals surface area contributed by atoms with Gasteiger partial charge in [-0.15, -0.1) is 0 Å². The van der Waals surface area contributed by atoms with Crippen LogP contribution in [0.2, 0.25) is 0 Å². The number of aliphatic hydroxyl groups excluding tert-OH is 1. The SMILES string of the molecule is CC[C@H](C)[C@H](NC(=O)[C@H](CO)NC(=O)[C@@H]1CCCN1C(=O)COCCOCCN)C(=O)N[C@@H](Cc1ccc(O)cc1)C(=O)O. The largest absolute Gasteiger partial charge is 0.508 e. The fourth-order valence-corrected chi connectivity index (χ4v) is 4.63. The molecule has 4 amide bonds. The van der Waals surface area contributed by atoms with Crippen molar-refractivity contribution < 1.29 is 48.8 Å². The van der Waals surface area contributed by atoms with Crippen LogP contribution < -0.4 is 21.7 Å². The smallest absolute Gasteiger partial charge is 0.326 e. The average molecular weight is 624 g/mol. The van der Waals surface area contributed by atoms with Gasteiger partial charge in [0.1, 0.15) is 36.5 Å². The number of nitrogens with one attached hydrogen (secondary N) is 3. The number of rotatable bonds is 19. The third-order valence-corrected chi connectivity index (χ3v) is 7.34. The van der Waals surface area contributed by atoms with Crippen molar-refractivity contribution in [1.29, 1.82) is 0 Å². The van der Waals surface area contributed by atoms with Crippen molar-refractivity contribution >= 4 is 29.6 Å². The van der Waals surface area contributed by atoms with Crippen LogP contribution in [-0.2, 0) is 39.9 Å². The number of likely N-dealkylation sites (tertiary alicyclic amines) is 1. The first-order valence-electron chi connectivity index (χ1n) is 14.7. The fourth-order valence-electron chi connectivity index (χ4n) is 4.63. The first-order valence-corrected chi connectivity index (χ1v) is 14.7. The summed E-state index contributed by atoms with van der Waals surface area (Å²) in [5.74, 6) is -4.34. The van der Waals surface area contributed by atoms with E-state index in [0.29, 0.717) is 44.5 Å². The van der Waals surface area contributed by atoms with E-state index < -0.39 is 66.3 Å². The van der Waals surface area contributed by atoms with Gasteiger partial charge in [0.25, 0.3) is 0 Å². The van der Waals surface area contributed by atoms with Crippen molar-refractivity contribution in [1.82, 2.24) is 20.9 Å². The lowest BCUT2D eigenvalue weighted by atomic mass is 9.97. The maximum Gasteiger partial charge on any atom is 0.326 e. The summed E-state index contributed by atoms with van der Waals surface area (Å²) in [6.07, 6.45) is 1.29. The molecule has 2 rings (SSSR count). The highest BCUT2D eigenvalue weighted by molar-refractivity contribution is 5.95. The number of hydrogen-bond donors (Lipinski definition) is 7. The summed E-state index contributed by atoms with van der Waals surface area (Å²) < 4.78 is 10.5. The molecule has 1 aromatic rings.